The van der Waals surface area contributed by atoms with Crippen molar-refractivity contribution in [3.05, 3.63) is 16.4 Å². The van der Waals surface area contributed by atoms with Crippen molar-refractivity contribution in [3.63, 3.8) is 0 Å². The van der Waals surface area contributed by atoms with Crippen molar-refractivity contribution in [2.75, 3.05) is 27.7 Å². The Bertz CT molecular complexity index is 339. The number of methoxy groups -OCH3 is 1. The van der Waals surface area contributed by atoms with Gasteiger partial charge < -0.3 is 14.7 Å². The molecule has 0 aromatic carbocycles. The van der Waals surface area contributed by atoms with Crippen molar-refractivity contribution < 1.29 is 9.84 Å². The number of likely N-dealkylation sites (N-methyl/N-ethyl adjacent to an activating group) is 1. The molecule has 6 heteroatoms. The van der Waals surface area contributed by atoms with Gasteiger partial charge in [0.15, 0.2) is 0 Å². The minimum absolute atomic E-state index is 0.112. The maximum absolute atomic E-state index is 9.21. The average Bonchev–Trinajstić information content (AvgIpc) is 2.52. The normalized spacial score (nSPS) is 11.4. The van der Waals surface area contributed by atoms with Crippen LogP contribution in [0.2, 0.25) is 5.15 Å². The first-order valence-electron chi connectivity index (χ1n) is 5.08. The minimum atomic E-state index is -0.112. The third-order valence-electron chi connectivity index (χ3n) is 2.26. The highest BCUT2D eigenvalue weighted by Gasteiger charge is 2.15. The zero-order chi connectivity index (χ0) is 12.1. The summed E-state index contributed by atoms with van der Waals surface area (Å²) in [4.78, 5) is 2.05. The zero-order valence-corrected chi connectivity index (χ0v) is 10.7. The highest BCUT2D eigenvalue weighted by Crippen LogP contribution is 2.20. The third-order valence-corrected chi connectivity index (χ3v) is 2.69. The fraction of sp³-hybridized carbons (Fsp3) is 0.700. The predicted octanol–water partition coefficient (Wildman–Crippen LogP) is 0.737. The number of aliphatic hydroxyl groups is 1. The Labute approximate surface area is 101 Å². The van der Waals surface area contributed by atoms with Crippen molar-refractivity contribution in [2.24, 2.45) is 0 Å². The van der Waals surface area contributed by atoms with E-state index in [1.807, 2.05) is 19.0 Å². The third kappa shape index (κ3) is 3.18. The number of aromatic nitrogens is 2. The summed E-state index contributed by atoms with van der Waals surface area (Å²) < 4.78 is 6.70. The summed E-state index contributed by atoms with van der Waals surface area (Å²) >= 11 is 6.12. The smallest absolute Gasteiger partial charge is 0.132 e. The molecule has 92 valence electrons. The molecule has 0 radical (unpaired) electrons. The van der Waals surface area contributed by atoms with Crippen molar-refractivity contribution in [1.29, 1.82) is 0 Å². The summed E-state index contributed by atoms with van der Waals surface area (Å²) in [7, 11) is 5.56. The summed E-state index contributed by atoms with van der Waals surface area (Å²) in [5, 5.41) is 14.0. The molecule has 0 amide bonds. The molecule has 16 heavy (non-hydrogen) atoms. The van der Waals surface area contributed by atoms with Crippen molar-refractivity contribution in [2.45, 2.75) is 19.8 Å². The van der Waals surface area contributed by atoms with E-state index in [-0.39, 0.29) is 6.61 Å². The number of nitrogens with zero attached hydrogens (tertiary/aromatic N) is 3. The molecule has 1 heterocycles. The van der Waals surface area contributed by atoms with Crippen molar-refractivity contribution >= 4 is 11.6 Å². The van der Waals surface area contributed by atoms with Crippen LogP contribution < -0.4 is 0 Å². The SMILES string of the molecule is COCc1nn(CCN(C)C)c(Cl)c1CO. The van der Waals surface area contributed by atoms with Crippen LogP contribution >= 0.6 is 11.6 Å². The van der Waals surface area contributed by atoms with Crippen LogP contribution in [0.25, 0.3) is 0 Å². The van der Waals surface area contributed by atoms with Gasteiger partial charge >= 0.3 is 0 Å². The second kappa shape index (κ2) is 6.20. The molecular formula is C10H18ClN3O2. The van der Waals surface area contributed by atoms with E-state index in [0.717, 1.165) is 6.54 Å². The second-order valence-corrected chi connectivity index (χ2v) is 4.19. The van der Waals surface area contributed by atoms with E-state index in [9.17, 15) is 5.11 Å². The van der Waals surface area contributed by atoms with Crippen LogP contribution in [-0.2, 0) is 24.5 Å². The summed E-state index contributed by atoms with van der Waals surface area (Å²) in [5.74, 6) is 0. The van der Waals surface area contributed by atoms with Crippen molar-refractivity contribution in [1.82, 2.24) is 14.7 Å². The Balaban J connectivity index is 2.84. The van der Waals surface area contributed by atoms with Crippen LogP contribution in [0.1, 0.15) is 11.3 Å². The van der Waals surface area contributed by atoms with Gasteiger partial charge in [0.05, 0.1) is 25.5 Å². The number of ether oxygens (including phenoxy) is 1. The van der Waals surface area contributed by atoms with Gasteiger partial charge in [-0.15, -0.1) is 0 Å². The predicted molar refractivity (Wildman–Crippen MR) is 62.4 cm³/mol. The van der Waals surface area contributed by atoms with E-state index in [2.05, 4.69) is 5.10 Å². The molecule has 0 bridgehead atoms. The van der Waals surface area contributed by atoms with E-state index in [1.54, 1.807) is 11.8 Å². The first-order valence-corrected chi connectivity index (χ1v) is 5.46. The number of hydrogen-bond acceptors (Lipinski definition) is 4. The van der Waals surface area contributed by atoms with Gasteiger partial charge in [-0.25, -0.2) is 0 Å². The molecule has 0 aliphatic carbocycles. The van der Waals surface area contributed by atoms with Crippen LogP contribution in [0.5, 0.6) is 0 Å². The van der Waals surface area contributed by atoms with Crippen LogP contribution in [0.3, 0.4) is 0 Å². The van der Waals surface area contributed by atoms with Crippen LogP contribution in [0, 0.1) is 0 Å². The standard InChI is InChI=1S/C10H18ClN3O2/c1-13(2)4-5-14-10(11)8(6-15)9(12-14)7-16-3/h15H,4-7H2,1-3H3. The maximum Gasteiger partial charge on any atom is 0.132 e. The quantitative estimate of drug-likeness (QED) is 0.806. The lowest BCUT2D eigenvalue weighted by Gasteiger charge is -2.09. The Morgan fingerprint density at radius 2 is 2.19 bits per heavy atom. The van der Waals surface area contributed by atoms with E-state index in [0.29, 0.717) is 29.6 Å². The molecular weight excluding hydrogens is 230 g/mol. The molecule has 0 aliphatic heterocycles. The molecule has 1 aromatic heterocycles. The molecule has 0 fully saturated rings. The fourth-order valence-corrected chi connectivity index (χ4v) is 1.67. The molecule has 1 rings (SSSR count). The minimum Gasteiger partial charge on any atom is -0.391 e. The molecule has 0 unspecified atom stereocenters. The largest absolute Gasteiger partial charge is 0.391 e. The zero-order valence-electron chi connectivity index (χ0n) is 9.90. The molecule has 0 saturated heterocycles. The number of rotatable bonds is 6. The molecule has 5 nitrogen and oxygen atoms in total. The fourth-order valence-electron chi connectivity index (χ4n) is 1.38. The first kappa shape index (κ1) is 13.4. The van der Waals surface area contributed by atoms with Gasteiger partial charge in [0.2, 0.25) is 0 Å². The van der Waals surface area contributed by atoms with Crippen LogP contribution in [0.4, 0.5) is 0 Å². The van der Waals surface area contributed by atoms with E-state index < -0.39 is 0 Å². The molecule has 1 aromatic rings. The lowest BCUT2D eigenvalue weighted by Crippen LogP contribution is -2.19. The summed E-state index contributed by atoms with van der Waals surface area (Å²) in [6, 6.07) is 0. The second-order valence-electron chi connectivity index (χ2n) is 3.83. The first-order chi connectivity index (χ1) is 7.60. The van der Waals surface area contributed by atoms with Gasteiger partial charge in [-0.05, 0) is 14.1 Å². The molecule has 0 saturated carbocycles. The van der Waals surface area contributed by atoms with Gasteiger partial charge in [-0.2, -0.15) is 5.10 Å². The number of aliphatic hydroxyl groups excluding tert-OH is 1. The van der Waals surface area contributed by atoms with Gasteiger partial charge in [0, 0.05) is 19.2 Å². The number of hydrogen-bond donors (Lipinski definition) is 1. The van der Waals surface area contributed by atoms with Gasteiger partial charge in [-0.1, -0.05) is 11.6 Å². The average molecular weight is 248 g/mol. The van der Waals surface area contributed by atoms with Crippen LogP contribution in [-0.4, -0.2) is 47.5 Å². The monoisotopic (exact) mass is 247 g/mol. The topological polar surface area (TPSA) is 50.5 Å². The molecule has 0 aliphatic rings. The van der Waals surface area contributed by atoms with Gasteiger partial charge in [-0.3, -0.25) is 4.68 Å². The molecule has 1 N–H and O–H groups in total. The summed E-state index contributed by atoms with van der Waals surface area (Å²) in [6.07, 6.45) is 0. The molecule has 0 atom stereocenters. The maximum atomic E-state index is 9.21. The van der Waals surface area contributed by atoms with Crippen LogP contribution in [0.15, 0.2) is 0 Å². The lowest BCUT2D eigenvalue weighted by atomic mass is 10.3. The Morgan fingerprint density at radius 3 is 2.69 bits per heavy atom. The Morgan fingerprint density at radius 1 is 1.50 bits per heavy atom. The Hall–Kier alpha value is -0.620. The highest BCUT2D eigenvalue weighted by atomic mass is 35.5. The van der Waals surface area contributed by atoms with E-state index >= 15 is 0 Å². The number of halogens is 1. The van der Waals surface area contributed by atoms with Gasteiger partial charge in [0.1, 0.15) is 5.15 Å². The lowest BCUT2D eigenvalue weighted by molar-refractivity contribution is 0.177. The molecule has 0 spiro atoms. The summed E-state index contributed by atoms with van der Waals surface area (Å²) in [5.41, 5.74) is 1.36. The Kier molecular flexibility index (Phi) is 5.21. The van der Waals surface area contributed by atoms with Crippen molar-refractivity contribution in [3.8, 4) is 0 Å². The van der Waals surface area contributed by atoms with E-state index in [4.69, 9.17) is 16.3 Å². The van der Waals surface area contributed by atoms with E-state index in [1.165, 1.54) is 0 Å². The van der Waals surface area contributed by atoms with Gasteiger partial charge in [0.25, 0.3) is 0 Å². The highest BCUT2D eigenvalue weighted by molar-refractivity contribution is 6.30. The summed E-state index contributed by atoms with van der Waals surface area (Å²) in [6.45, 7) is 1.80.